The molecule has 2 heterocycles. The Morgan fingerprint density at radius 1 is 1.24 bits per heavy atom. The number of hydrogen-bond donors (Lipinski definition) is 4. The smallest absolute Gasteiger partial charge is 0.328 e. The second kappa shape index (κ2) is 13.9. The average molecular weight is 442 g/mol. The fraction of sp³-hybridized carbons (Fsp3) is 0.474. The van der Waals surface area contributed by atoms with Gasteiger partial charge in [0, 0.05) is 41.8 Å². The van der Waals surface area contributed by atoms with Crippen LogP contribution < -0.4 is 11.1 Å². The standard InChI is InChI=1S/C15H23N3OS2.C4H4O4/c1-11-8-12(18-14(16)9-11)4-2-3-6-17-15(19)10-13-5-7-20-21-13;5-3(6)1-2-4(7)8/h8-9,13H,2-7,10H2,1H3,(H2,16,18)(H,17,19);1-2H,(H,5,6)(H,7,8)/b;2-1+. The molecule has 1 aliphatic rings. The van der Waals surface area contributed by atoms with E-state index in [4.69, 9.17) is 15.9 Å². The maximum absolute atomic E-state index is 11.8. The first-order valence-electron chi connectivity index (χ1n) is 9.18. The van der Waals surface area contributed by atoms with E-state index < -0.39 is 11.9 Å². The Kier molecular flexibility index (Phi) is 11.9. The summed E-state index contributed by atoms with van der Waals surface area (Å²) in [6.07, 6.45) is 5.84. The number of nitrogens with two attached hydrogens (primary N) is 1. The summed E-state index contributed by atoms with van der Waals surface area (Å²) in [5.41, 5.74) is 7.93. The third-order valence-corrected chi connectivity index (χ3v) is 6.67. The number of aliphatic carboxylic acids is 2. The van der Waals surface area contributed by atoms with Gasteiger partial charge in [0.15, 0.2) is 0 Å². The summed E-state index contributed by atoms with van der Waals surface area (Å²) in [6, 6.07) is 3.95. The number of aromatic nitrogens is 1. The zero-order chi connectivity index (χ0) is 21.6. The zero-order valence-corrected chi connectivity index (χ0v) is 17.9. The number of carbonyl (C=O) groups is 3. The van der Waals surface area contributed by atoms with Crippen molar-refractivity contribution in [2.45, 2.75) is 44.3 Å². The number of nitrogens with one attached hydrogen (secondary N) is 1. The third-order valence-electron chi connectivity index (χ3n) is 3.73. The van der Waals surface area contributed by atoms with E-state index in [0.717, 1.165) is 43.5 Å². The lowest BCUT2D eigenvalue weighted by atomic mass is 10.1. The normalized spacial score (nSPS) is 15.6. The van der Waals surface area contributed by atoms with Crippen molar-refractivity contribution in [3.8, 4) is 0 Å². The van der Waals surface area contributed by atoms with Crippen LogP contribution in [0.15, 0.2) is 24.3 Å². The van der Waals surface area contributed by atoms with Crippen LogP contribution in [0.3, 0.4) is 0 Å². The summed E-state index contributed by atoms with van der Waals surface area (Å²) in [5, 5.41) is 19.1. The maximum atomic E-state index is 11.8. The number of nitrogen functional groups attached to an aromatic ring is 1. The molecule has 0 saturated carbocycles. The number of anilines is 1. The Morgan fingerprint density at radius 2 is 1.93 bits per heavy atom. The van der Waals surface area contributed by atoms with Crippen molar-refractivity contribution in [2.24, 2.45) is 0 Å². The SMILES string of the molecule is Cc1cc(N)nc(CCCCNC(=O)CC2CCSS2)c1.O=C(O)/C=C/C(=O)O. The van der Waals surface area contributed by atoms with Crippen LogP contribution in [0, 0.1) is 6.92 Å². The van der Waals surface area contributed by atoms with Crippen LogP contribution in [-0.2, 0) is 20.8 Å². The Hall–Kier alpha value is -2.20. The van der Waals surface area contributed by atoms with Gasteiger partial charge in [-0.2, -0.15) is 0 Å². The number of nitrogens with zero attached hydrogens (tertiary/aromatic N) is 1. The van der Waals surface area contributed by atoms with Crippen molar-refractivity contribution in [3.05, 3.63) is 35.5 Å². The lowest BCUT2D eigenvalue weighted by Crippen LogP contribution is -2.26. The number of unbranched alkanes of at least 4 members (excludes halogenated alkanes) is 1. The minimum absolute atomic E-state index is 0.188. The Balaban J connectivity index is 0.000000447. The Labute approximate surface area is 178 Å². The highest BCUT2D eigenvalue weighted by molar-refractivity contribution is 8.77. The summed E-state index contributed by atoms with van der Waals surface area (Å²) in [7, 11) is 3.73. The van der Waals surface area contributed by atoms with Crippen LogP contribution in [0.5, 0.6) is 0 Å². The van der Waals surface area contributed by atoms with E-state index in [0.29, 0.717) is 29.6 Å². The van der Waals surface area contributed by atoms with E-state index in [1.54, 1.807) is 0 Å². The number of aryl methyl sites for hydroxylation is 2. The van der Waals surface area contributed by atoms with Crippen molar-refractivity contribution in [1.29, 1.82) is 0 Å². The first kappa shape index (κ1) is 24.8. The number of hydrogen-bond acceptors (Lipinski definition) is 7. The largest absolute Gasteiger partial charge is 0.478 e. The fourth-order valence-electron chi connectivity index (χ4n) is 2.48. The van der Waals surface area contributed by atoms with Crippen molar-refractivity contribution < 1.29 is 24.6 Å². The van der Waals surface area contributed by atoms with Gasteiger partial charge in [-0.15, -0.1) is 0 Å². The second-order valence-electron chi connectivity index (χ2n) is 6.41. The molecule has 2 rings (SSSR count). The predicted octanol–water partition coefficient (Wildman–Crippen LogP) is 2.67. The van der Waals surface area contributed by atoms with E-state index in [2.05, 4.69) is 16.4 Å². The van der Waals surface area contributed by atoms with E-state index in [1.807, 2.05) is 34.6 Å². The lowest BCUT2D eigenvalue weighted by Gasteiger charge is -2.08. The molecule has 0 aliphatic carbocycles. The van der Waals surface area contributed by atoms with Gasteiger partial charge >= 0.3 is 11.9 Å². The van der Waals surface area contributed by atoms with Crippen LogP contribution in [0.25, 0.3) is 0 Å². The summed E-state index contributed by atoms with van der Waals surface area (Å²) < 4.78 is 0. The molecule has 8 nitrogen and oxygen atoms in total. The first-order valence-corrected chi connectivity index (χ1v) is 11.6. The van der Waals surface area contributed by atoms with Crippen LogP contribution >= 0.6 is 21.6 Å². The molecule has 1 amide bonds. The van der Waals surface area contributed by atoms with Crippen molar-refractivity contribution >= 4 is 45.3 Å². The minimum Gasteiger partial charge on any atom is -0.478 e. The molecule has 1 aromatic heterocycles. The van der Waals surface area contributed by atoms with E-state index >= 15 is 0 Å². The molecule has 160 valence electrons. The topological polar surface area (TPSA) is 143 Å². The van der Waals surface area contributed by atoms with Crippen molar-refractivity contribution in [2.75, 3.05) is 18.0 Å². The van der Waals surface area contributed by atoms with E-state index in [1.165, 1.54) is 5.75 Å². The fourth-order valence-corrected chi connectivity index (χ4v) is 5.38. The molecule has 0 spiro atoms. The van der Waals surface area contributed by atoms with Crippen molar-refractivity contribution in [3.63, 3.8) is 0 Å². The molecule has 1 aromatic rings. The van der Waals surface area contributed by atoms with Gasteiger partial charge in [0.1, 0.15) is 5.82 Å². The molecule has 1 atom stereocenters. The highest BCUT2D eigenvalue weighted by atomic mass is 33.1. The number of rotatable bonds is 9. The molecule has 1 fully saturated rings. The summed E-state index contributed by atoms with van der Waals surface area (Å²) in [4.78, 5) is 35.2. The molecular formula is C19H27N3O5S2. The Morgan fingerprint density at radius 3 is 2.48 bits per heavy atom. The molecule has 1 aliphatic heterocycles. The van der Waals surface area contributed by atoms with Gasteiger partial charge < -0.3 is 21.3 Å². The molecule has 5 N–H and O–H groups in total. The molecule has 1 unspecified atom stereocenters. The predicted molar refractivity (Wildman–Crippen MR) is 117 cm³/mol. The van der Waals surface area contributed by atoms with Gasteiger partial charge in [0.05, 0.1) is 0 Å². The lowest BCUT2D eigenvalue weighted by molar-refractivity contribution is -0.134. The first-order chi connectivity index (χ1) is 13.8. The van der Waals surface area contributed by atoms with E-state index in [9.17, 15) is 14.4 Å². The molecule has 29 heavy (non-hydrogen) atoms. The third kappa shape index (κ3) is 12.8. The quantitative estimate of drug-likeness (QED) is 0.258. The highest BCUT2D eigenvalue weighted by Crippen LogP contribution is 2.39. The number of amides is 1. The number of carbonyl (C=O) groups excluding carboxylic acids is 1. The maximum Gasteiger partial charge on any atom is 0.328 e. The molecule has 0 radical (unpaired) electrons. The molecule has 10 heteroatoms. The van der Waals surface area contributed by atoms with Crippen LogP contribution in [0.1, 0.15) is 36.9 Å². The van der Waals surface area contributed by atoms with Crippen molar-refractivity contribution in [1.82, 2.24) is 10.3 Å². The van der Waals surface area contributed by atoms with E-state index in [-0.39, 0.29) is 5.91 Å². The number of pyridine rings is 1. The monoisotopic (exact) mass is 441 g/mol. The average Bonchev–Trinajstić information content (AvgIpc) is 3.12. The van der Waals surface area contributed by atoms with Gasteiger partial charge in [0.25, 0.3) is 0 Å². The molecule has 0 bridgehead atoms. The van der Waals surface area contributed by atoms with Crippen LogP contribution in [0.2, 0.25) is 0 Å². The van der Waals surface area contributed by atoms with Gasteiger partial charge in [0.2, 0.25) is 5.91 Å². The van der Waals surface area contributed by atoms with Gasteiger partial charge in [-0.25, -0.2) is 14.6 Å². The second-order valence-corrected chi connectivity index (χ2v) is 9.20. The zero-order valence-electron chi connectivity index (χ0n) is 16.3. The molecular weight excluding hydrogens is 414 g/mol. The van der Waals surface area contributed by atoms with Gasteiger partial charge in [-0.05, 0) is 50.3 Å². The Bertz CT molecular complexity index is 686. The van der Waals surface area contributed by atoms with Crippen LogP contribution in [-0.4, -0.2) is 50.6 Å². The summed E-state index contributed by atoms with van der Waals surface area (Å²) in [6.45, 7) is 2.78. The summed E-state index contributed by atoms with van der Waals surface area (Å²) in [5.74, 6) is -0.562. The van der Waals surface area contributed by atoms with Gasteiger partial charge in [-0.3, -0.25) is 4.79 Å². The minimum atomic E-state index is -1.26. The molecule has 1 saturated heterocycles. The molecule has 0 aromatic carbocycles. The van der Waals surface area contributed by atoms with Gasteiger partial charge in [-0.1, -0.05) is 21.6 Å². The number of carboxylic acid groups (broad SMARTS) is 2. The highest BCUT2D eigenvalue weighted by Gasteiger charge is 2.19. The number of carboxylic acids is 2. The summed E-state index contributed by atoms with van der Waals surface area (Å²) >= 11 is 0. The van der Waals surface area contributed by atoms with Crippen LogP contribution in [0.4, 0.5) is 5.82 Å².